The Balaban J connectivity index is 1.75. The van der Waals surface area contributed by atoms with E-state index in [1.54, 1.807) is 4.90 Å². The lowest BCUT2D eigenvalue weighted by molar-refractivity contribution is -0.131. The van der Waals surface area contributed by atoms with E-state index in [-0.39, 0.29) is 23.9 Å². The number of benzene rings is 1. The summed E-state index contributed by atoms with van der Waals surface area (Å²) in [5.41, 5.74) is 0.933. The number of carbonyl (C=O) groups excluding carboxylic acids is 1. The third kappa shape index (κ3) is 3.75. The first-order valence-electron chi connectivity index (χ1n) is 8.20. The van der Waals surface area contributed by atoms with Crippen LogP contribution in [0.5, 0.6) is 0 Å². The Morgan fingerprint density at radius 2 is 2.04 bits per heavy atom. The summed E-state index contributed by atoms with van der Waals surface area (Å²) in [7, 11) is 3.76. The first-order chi connectivity index (χ1) is 12.0. The van der Waals surface area contributed by atoms with Crippen LogP contribution >= 0.6 is 0 Å². The zero-order valence-corrected chi connectivity index (χ0v) is 14.2. The van der Waals surface area contributed by atoms with E-state index in [4.69, 9.17) is 0 Å². The van der Waals surface area contributed by atoms with Crippen molar-refractivity contribution in [2.45, 2.75) is 25.3 Å². The highest BCUT2D eigenvalue weighted by Crippen LogP contribution is 2.31. The van der Waals surface area contributed by atoms with Gasteiger partial charge in [-0.05, 0) is 36.6 Å². The van der Waals surface area contributed by atoms with E-state index < -0.39 is 11.6 Å². The molecule has 0 radical (unpaired) electrons. The van der Waals surface area contributed by atoms with Gasteiger partial charge in [-0.25, -0.2) is 8.78 Å². The van der Waals surface area contributed by atoms with Gasteiger partial charge in [0.15, 0.2) is 5.82 Å². The summed E-state index contributed by atoms with van der Waals surface area (Å²) >= 11 is 0. The largest absolute Gasteiger partial charge is 0.361 e. The highest BCUT2D eigenvalue weighted by molar-refractivity contribution is 5.79. The first-order valence-corrected chi connectivity index (χ1v) is 8.20. The third-order valence-electron chi connectivity index (χ3n) is 4.40. The molecule has 25 heavy (non-hydrogen) atoms. The zero-order chi connectivity index (χ0) is 18.0. The monoisotopic (exact) mass is 346 g/mol. The van der Waals surface area contributed by atoms with Crippen molar-refractivity contribution in [3.05, 3.63) is 53.2 Å². The third-order valence-corrected chi connectivity index (χ3v) is 4.40. The van der Waals surface area contributed by atoms with Crippen LogP contribution in [-0.2, 0) is 11.2 Å². The van der Waals surface area contributed by atoms with Crippen LogP contribution in [0.3, 0.4) is 0 Å². The van der Waals surface area contributed by atoms with Gasteiger partial charge in [-0.2, -0.15) is 5.10 Å². The van der Waals surface area contributed by atoms with Gasteiger partial charge in [0.25, 0.3) is 0 Å². The minimum Gasteiger partial charge on any atom is -0.361 e. The highest BCUT2D eigenvalue weighted by Gasteiger charge is 2.31. The number of hydrogen-bond donors (Lipinski definition) is 0. The van der Waals surface area contributed by atoms with Gasteiger partial charge in [-0.3, -0.25) is 4.79 Å². The van der Waals surface area contributed by atoms with Crippen LogP contribution in [0.4, 0.5) is 14.6 Å². The Kier molecular flexibility index (Phi) is 4.92. The van der Waals surface area contributed by atoms with Crippen LogP contribution in [0.15, 0.2) is 30.3 Å². The molecule has 1 fully saturated rings. The van der Waals surface area contributed by atoms with E-state index in [0.29, 0.717) is 6.54 Å². The van der Waals surface area contributed by atoms with Crippen LogP contribution in [0.25, 0.3) is 0 Å². The summed E-state index contributed by atoms with van der Waals surface area (Å²) in [6.45, 7) is 0.601. The summed E-state index contributed by atoms with van der Waals surface area (Å²) in [6.07, 6.45) is 1.57. The molecule has 0 saturated carbocycles. The van der Waals surface area contributed by atoms with E-state index in [0.717, 1.165) is 30.4 Å². The minimum atomic E-state index is -0.695. The number of rotatable bonds is 4. The molecule has 1 saturated heterocycles. The summed E-state index contributed by atoms with van der Waals surface area (Å²) in [5, 5.41) is 8.40. The maximum absolute atomic E-state index is 13.8. The van der Waals surface area contributed by atoms with Gasteiger partial charge in [-0.1, -0.05) is 6.07 Å². The van der Waals surface area contributed by atoms with Gasteiger partial charge in [-0.15, -0.1) is 5.10 Å². The minimum absolute atomic E-state index is 0.0914. The van der Waals surface area contributed by atoms with Gasteiger partial charge in [0, 0.05) is 26.7 Å². The molecular weight excluding hydrogens is 326 g/mol. The molecule has 1 aliphatic heterocycles. The van der Waals surface area contributed by atoms with E-state index in [9.17, 15) is 13.6 Å². The van der Waals surface area contributed by atoms with Crippen molar-refractivity contribution in [2.75, 3.05) is 25.5 Å². The Hall–Kier alpha value is -2.57. The topological polar surface area (TPSA) is 49.3 Å². The van der Waals surface area contributed by atoms with E-state index >= 15 is 0 Å². The second kappa shape index (κ2) is 7.13. The molecule has 1 aromatic carbocycles. The molecule has 132 valence electrons. The number of hydrogen-bond acceptors (Lipinski definition) is 4. The fourth-order valence-corrected chi connectivity index (χ4v) is 3.05. The molecule has 0 spiro atoms. The Morgan fingerprint density at radius 1 is 1.24 bits per heavy atom. The number of amides is 1. The quantitative estimate of drug-likeness (QED) is 0.854. The summed E-state index contributed by atoms with van der Waals surface area (Å²) in [5.74, 6) is -0.789. The fraction of sp³-hybridized carbons (Fsp3) is 0.389. The lowest BCUT2D eigenvalue weighted by atomic mass is 10.1. The molecule has 1 aromatic heterocycles. The second-order valence-corrected chi connectivity index (χ2v) is 6.37. The van der Waals surface area contributed by atoms with Crippen molar-refractivity contribution in [3.63, 3.8) is 0 Å². The maximum Gasteiger partial charge on any atom is 0.227 e. The molecule has 3 rings (SSSR count). The molecule has 2 aromatic rings. The van der Waals surface area contributed by atoms with Gasteiger partial charge < -0.3 is 9.80 Å². The summed E-state index contributed by atoms with van der Waals surface area (Å²) in [6, 6.07) is 6.87. The van der Waals surface area contributed by atoms with E-state index in [2.05, 4.69) is 10.2 Å². The Labute approximate surface area is 145 Å². The number of aromatic nitrogens is 2. The average molecular weight is 346 g/mol. The van der Waals surface area contributed by atoms with Crippen molar-refractivity contribution < 1.29 is 13.6 Å². The lowest BCUT2D eigenvalue weighted by Gasteiger charge is -2.24. The number of nitrogens with zero attached hydrogens (tertiary/aromatic N) is 4. The van der Waals surface area contributed by atoms with Crippen molar-refractivity contribution in [3.8, 4) is 0 Å². The molecule has 1 atom stereocenters. The summed E-state index contributed by atoms with van der Waals surface area (Å²) < 4.78 is 26.8. The predicted octanol–water partition coefficient (Wildman–Crippen LogP) is 2.73. The number of carbonyl (C=O) groups is 1. The van der Waals surface area contributed by atoms with Gasteiger partial charge >= 0.3 is 0 Å². The van der Waals surface area contributed by atoms with Crippen molar-refractivity contribution >= 4 is 11.7 Å². The molecule has 0 bridgehead atoms. The molecule has 2 heterocycles. The molecule has 0 aliphatic carbocycles. The molecule has 1 aliphatic rings. The summed E-state index contributed by atoms with van der Waals surface area (Å²) in [4.78, 5) is 16.2. The van der Waals surface area contributed by atoms with Crippen LogP contribution < -0.4 is 4.90 Å². The van der Waals surface area contributed by atoms with Crippen molar-refractivity contribution in [2.24, 2.45) is 0 Å². The maximum atomic E-state index is 13.8. The van der Waals surface area contributed by atoms with Crippen LogP contribution in [-0.4, -0.2) is 41.6 Å². The van der Waals surface area contributed by atoms with Crippen LogP contribution in [0.2, 0.25) is 0 Å². The number of halogens is 2. The second-order valence-electron chi connectivity index (χ2n) is 6.37. The normalized spacial score (nSPS) is 17.0. The number of likely N-dealkylation sites (tertiary alicyclic amines) is 1. The van der Waals surface area contributed by atoms with Gasteiger partial charge in [0.05, 0.1) is 18.2 Å². The van der Waals surface area contributed by atoms with Gasteiger partial charge in [0.2, 0.25) is 5.91 Å². The average Bonchev–Trinajstić information content (AvgIpc) is 3.07. The molecule has 1 unspecified atom stereocenters. The fourth-order valence-electron chi connectivity index (χ4n) is 3.05. The Morgan fingerprint density at radius 3 is 2.68 bits per heavy atom. The predicted molar refractivity (Wildman–Crippen MR) is 90.1 cm³/mol. The van der Waals surface area contributed by atoms with Crippen molar-refractivity contribution in [1.29, 1.82) is 0 Å². The standard InChI is InChI=1S/C18H20F2N4O/c1-23(2)17-8-7-15(21-22-17)16-4-3-9-24(16)18(25)10-12-5-6-13(19)11-14(12)20/h5-8,11,16H,3-4,9-10H2,1-2H3. The molecule has 7 heteroatoms. The molecule has 0 N–H and O–H groups in total. The zero-order valence-electron chi connectivity index (χ0n) is 14.2. The lowest BCUT2D eigenvalue weighted by Crippen LogP contribution is -2.32. The molecular formula is C18H20F2N4O. The van der Waals surface area contributed by atoms with Gasteiger partial charge in [0.1, 0.15) is 11.6 Å². The smallest absolute Gasteiger partial charge is 0.227 e. The Bertz CT molecular complexity index is 764. The van der Waals surface area contributed by atoms with E-state index in [1.807, 2.05) is 31.1 Å². The van der Waals surface area contributed by atoms with Crippen LogP contribution in [0, 0.1) is 11.6 Å². The van der Waals surface area contributed by atoms with E-state index in [1.165, 1.54) is 12.1 Å². The highest BCUT2D eigenvalue weighted by atomic mass is 19.1. The number of anilines is 1. The molecule has 1 amide bonds. The SMILES string of the molecule is CN(C)c1ccc(C2CCCN2C(=O)Cc2ccc(F)cc2F)nn1. The van der Waals surface area contributed by atoms with Crippen LogP contribution in [0.1, 0.15) is 30.1 Å². The molecule has 5 nitrogen and oxygen atoms in total. The van der Waals surface area contributed by atoms with Crippen molar-refractivity contribution in [1.82, 2.24) is 15.1 Å². The first kappa shape index (κ1) is 17.3.